The van der Waals surface area contributed by atoms with Gasteiger partial charge < -0.3 is 14.3 Å². The van der Waals surface area contributed by atoms with Crippen LogP contribution in [-0.2, 0) is 14.3 Å². The number of carbonyl (C=O) groups is 1. The molecule has 2 aliphatic heterocycles. The van der Waals surface area contributed by atoms with Gasteiger partial charge in [0.2, 0.25) is 0 Å². The lowest BCUT2D eigenvalue weighted by Gasteiger charge is -2.21. The standard InChI is InChI=1S/C8H12O3/c9-6-7-2-4-8(11-7)3-1-5-10-8/h6-7H,1-5H2. The highest BCUT2D eigenvalue weighted by molar-refractivity contribution is 5.56. The second-order valence-electron chi connectivity index (χ2n) is 3.19. The second kappa shape index (κ2) is 2.57. The Morgan fingerprint density at radius 2 is 2.36 bits per heavy atom. The topological polar surface area (TPSA) is 35.5 Å². The summed E-state index contributed by atoms with van der Waals surface area (Å²) in [6.07, 6.45) is 4.38. The van der Waals surface area contributed by atoms with E-state index < -0.39 is 0 Å². The van der Waals surface area contributed by atoms with E-state index in [0.29, 0.717) is 0 Å². The summed E-state index contributed by atoms with van der Waals surface area (Å²) in [4.78, 5) is 10.4. The van der Waals surface area contributed by atoms with Gasteiger partial charge in [0, 0.05) is 12.8 Å². The van der Waals surface area contributed by atoms with Gasteiger partial charge in [0.05, 0.1) is 6.61 Å². The molecular weight excluding hydrogens is 144 g/mol. The fraction of sp³-hybridized carbons (Fsp3) is 0.875. The number of ether oxygens (including phenoxy) is 2. The maximum atomic E-state index is 10.4. The molecule has 62 valence electrons. The summed E-state index contributed by atoms with van der Waals surface area (Å²) in [6.45, 7) is 0.783. The molecule has 2 unspecified atom stereocenters. The Kier molecular flexibility index (Phi) is 1.69. The molecule has 2 rings (SSSR count). The summed E-state index contributed by atoms with van der Waals surface area (Å²) in [5, 5.41) is 0. The predicted octanol–water partition coefficient (Wildman–Crippen LogP) is 0.871. The van der Waals surface area contributed by atoms with Crippen LogP contribution in [0, 0.1) is 0 Å². The third-order valence-corrected chi connectivity index (χ3v) is 2.39. The fourth-order valence-electron chi connectivity index (χ4n) is 1.81. The van der Waals surface area contributed by atoms with Crippen molar-refractivity contribution >= 4 is 6.29 Å². The maximum Gasteiger partial charge on any atom is 0.169 e. The van der Waals surface area contributed by atoms with Crippen LogP contribution in [0.3, 0.4) is 0 Å². The summed E-state index contributed by atoms with van der Waals surface area (Å²) in [6, 6.07) is 0. The van der Waals surface area contributed by atoms with Gasteiger partial charge in [-0.15, -0.1) is 0 Å². The smallest absolute Gasteiger partial charge is 0.169 e. The molecular formula is C8H12O3. The van der Waals surface area contributed by atoms with Crippen LogP contribution in [0.4, 0.5) is 0 Å². The Morgan fingerprint density at radius 1 is 1.45 bits per heavy atom. The van der Waals surface area contributed by atoms with Crippen molar-refractivity contribution in [2.24, 2.45) is 0 Å². The van der Waals surface area contributed by atoms with Gasteiger partial charge in [-0.2, -0.15) is 0 Å². The van der Waals surface area contributed by atoms with Crippen molar-refractivity contribution in [2.45, 2.75) is 37.6 Å². The molecule has 2 atom stereocenters. The maximum absolute atomic E-state index is 10.4. The molecule has 0 aromatic carbocycles. The van der Waals surface area contributed by atoms with Crippen molar-refractivity contribution < 1.29 is 14.3 Å². The second-order valence-corrected chi connectivity index (χ2v) is 3.19. The van der Waals surface area contributed by atoms with E-state index in [-0.39, 0.29) is 11.9 Å². The largest absolute Gasteiger partial charge is 0.350 e. The minimum Gasteiger partial charge on any atom is -0.350 e. The summed E-state index contributed by atoms with van der Waals surface area (Å²) in [7, 11) is 0. The lowest BCUT2D eigenvalue weighted by Crippen LogP contribution is -2.27. The van der Waals surface area contributed by atoms with Gasteiger partial charge in [-0.25, -0.2) is 0 Å². The summed E-state index contributed by atoms with van der Waals surface area (Å²) < 4.78 is 10.9. The summed E-state index contributed by atoms with van der Waals surface area (Å²) in [5.41, 5.74) is 0. The monoisotopic (exact) mass is 156 g/mol. The number of aldehydes is 1. The van der Waals surface area contributed by atoms with Crippen LogP contribution in [0.1, 0.15) is 25.7 Å². The molecule has 0 aliphatic carbocycles. The van der Waals surface area contributed by atoms with Crippen LogP contribution < -0.4 is 0 Å². The van der Waals surface area contributed by atoms with Crippen molar-refractivity contribution in [1.82, 2.24) is 0 Å². The third kappa shape index (κ3) is 1.19. The molecule has 2 aliphatic rings. The molecule has 2 saturated heterocycles. The first-order valence-electron chi connectivity index (χ1n) is 4.12. The highest BCUT2D eigenvalue weighted by Crippen LogP contribution is 2.38. The zero-order chi connectivity index (χ0) is 7.73. The molecule has 1 spiro atoms. The number of carbonyl (C=O) groups excluding carboxylic acids is 1. The van der Waals surface area contributed by atoms with E-state index in [1.165, 1.54) is 0 Å². The van der Waals surface area contributed by atoms with Gasteiger partial charge in [-0.05, 0) is 12.8 Å². The van der Waals surface area contributed by atoms with Gasteiger partial charge in [-0.3, -0.25) is 0 Å². The number of rotatable bonds is 1. The lowest BCUT2D eigenvalue weighted by molar-refractivity contribution is -0.196. The van der Waals surface area contributed by atoms with E-state index in [4.69, 9.17) is 9.47 Å². The van der Waals surface area contributed by atoms with Gasteiger partial charge >= 0.3 is 0 Å². The Labute approximate surface area is 65.7 Å². The molecule has 0 radical (unpaired) electrons. The minimum absolute atomic E-state index is 0.215. The Balaban J connectivity index is 2.01. The normalized spacial score (nSPS) is 43.5. The first-order chi connectivity index (χ1) is 5.35. The van der Waals surface area contributed by atoms with Crippen molar-refractivity contribution in [3.63, 3.8) is 0 Å². The highest BCUT2D eigenvalue weighted by atomic mass is 16.7. The van der Waals surface area contributed by atoms with Crippen molar-refractivity contribution in [2.75, 3.05) is 6.61 Å². The molecule has 0 aromatic heterocycles. The van der Waals surface area contributed by atoms with Crippen LogP contribution >= 0.6 is 0 Å². The Bertz CT molecular complexity index is 161. The fourth-order valence-corrected chi connectivity index (χ4v) is 1.81. The molecule has 0 aromatic rings. The van der Waals surface area contributed by atoms with Crippen LogP contribution in [0.25, 0.3) is 0 Å². The van der Waals surface area contributed by atoms with E-state index in [1.807, 2.05) is 0 Å². The molecule has 3 heteroatoms. The average Bonchev–Trinajstić information content (AvgIpc) is 2.62. The number of hydrogen-bond donors (Lipinski definition) is 0. The molecule has 2 fully saturated rings. The molecule has 11 heavy (non-hydrogen) atoms. The van der Waals surface area contributed by atoms with Crippen molar-refractivity contribution in [1.29, 1.82) is 0 Å². The van der Waals surface area contributed by atoms with Crippen LogP contribution in [-0.4, -0.2) is 24.8 Å². The quantitative estimate of drug-likeness (QED) is 0.528. The van der Waals surface area contributed by atoms with E-state index >= 15 is 0 Å². The van der Waals surface area contributed by atoms with Crippen LogP contribution in [0.5, 0.6) is 0 Å². The first kappa shape index (κ1) is 7.25. The molecule has 3 nitrogen and oxygen atoms in total. The van der Waals surface area contributed by atoms with Crippen LogP contribution in [0.15, 0.2) is 0 Å². The molecule has 0 N–H and O–H groups in total. The van der Waals surface area contributed by atoms with E-state index in [2.05, 4.69) is 0 Å². The lowest BCUT2D eigenvalue weighted by atomic mass is 10.1. The molecule has 0 amide bonds. The Morgan fingerprint density at radius 3 is 2.91 bits per heavy atom. The predicted molar refractivity (Wildman–Crippen MR) is 38.1 cm³/mol. The van der Waals surface area contributed by atoms with Crippen LogP contribution in [0.2, 0.25) is 0 Å². The zero-order valence-corrected chi connectivity index (χ0v) is 6.41. The summed E-state index contributed by atoms with van der Waals surface area (Å²) in [5.74, 6) is -0.369. The third-order valence-electron chi connectivity index (χ3n) is 2.39. The van der Waals surface area contributed by atoms with Gasteiger partial charge in [-0.1, -0.05) is 0 Å². The van der Waals surface area contributed by atoms with Crippen molar-refractivity contribution in [3.8, 4) is 0 Å². The van der Waals surface area contributed by atoms with Gasteiger partial charge in [0.15, 0.2) is 5.79 Å². The molecule has 0 bridgehead atoms. The van der Waals surface area contributed by atoms with E-state index in [1.54, 1.807) is 0 Å². The SMILES string of the molecule is O=CC1CCC2(CCCO2)O1. The first-order valence-corrected chi connectivity index (χ1v) is 4.12. The highest BCUT2D eigenvalue weighted by Gasteiger charge is 2.43. The number of hydrogen-bond acceptors (Lipinski definition) is 3. The average molecular weight is 156 g/mol. The Hall–Kier alpha value is -0.410. The molecule has 2 heterocycles. The van der Waals surface area contributed by atoms with E-state index in [0.717, 1.165) is 38.6 Å². The van der Waals surface area contributed by atoms with Crippen molar-refractivity contribution in [3.05, 3.63) is 0 Å². The zero-order valence-electron chi connectivity index (χ0n) is 6.41. The van der Waals surface area contributed by atoms with Gasteiger partial charge in [0.25, 0.3) is 0 Å². The van der Waals surface area contributed by atoms with E-state index in [9.17, 15) is 4.79 Å². The molecule has 0 saturated carbocycles. The summed E-state index contributed by atoms with van der Waals surface area (Å²) >= 11 is 0. The minimum atomic E-state index is -0.369. The van der Waals surface area contributed by atoms with Gasteiger partial charge in [0.1, 0.15) is 12.4 Å².